The molecule has 1 aromatic heterocycles. The van der Waals surface area contributed by atoms with E-state index in [0.29, 0.717) is 16.0 Å². The Morgan fingerprint density at radius 1 is 1.26 bits per heavy atom. The van der Waals surface area contributed by atoms with E-state index in [0.717, 1.165) is 0 Å². The average Bonchev–Trinajstić information content (AvgIpc) is 3.13. The number of primary amides is 1. The van der Waals surface area contributed by atoms with E-state index in [2.05, 4.69) is 20.7 Å². The van der Waals surface area contributed by atoms with Gasteiger partial charge in [-0.2, -0.15) is 0 Å². The lowest BCUT2D eigenvalue weighted by atomic mass is 10.0. The van der Waals surface area contributed by atoms with E-state index in [-0.39, 0.29) is 31.1 Å². The van der Waals surface area contributed by atoms with Crippen LogP contribution < -0.4 is 16.5 Å². The Labute approximate surface area is 182 Å². The Balaban J connectivity index is 2.16. The molecular weight excluding hydrogens is 431 g/mol. The molecule has 4 amide bonds. The largest absolute Gasteiger partial charge is 0.370 e. The van der Waals surface area contributed by atoms with Crippen molar-refractivity contribution in [3.05, 3.63) is 30.1 Å². The molecule has 1 unspecified atom stereocenters. The van der Waals surface area contributed by atoms with Crippen LogP contribution >= 0.6 is 11.6 Å². The van der Waals surface area contributed by atoms with Gasteiger partial charge in [-0.1, -0.05) is 37.6 Å². The molecule has 5 N–H and O–H groups in total. The summed E-state index contributed by atoms with van der Waals surface area (Å²) in [6.45, 7) is 3.29. The number of carbonyl (C=O) groups excluding carboxylic acids is 4. The van der Waals surface area contributed by atoms with Crippen molar-refractivity contribution < 1.29 is 23.6 Å². The van der Waals surface area contributed by atoms with Crippen molar-refractivity contribution in [2.24, 2.45) is 11.7 Å². The van der Waals surface area contributed by atoms with E-state index in [1.54, 1.807) is 24.3 Å². The fourth-order valence-corrected chi connectivity index (χ4v) is 2.88. The zero-order chi connectivity index (χ0) is 23.1. The summed E-state index contributed by atoms with van der Waals surface area (Å²) < 4.78 is 13.3. The number of amides is 4. The zero-order valence-corrected chi connectivity index (χ0v) is 17.8. The summed E-state index contributed by atoms with van der Waals surface area (Å²) in [6, 6.07) is 5.95. The molecule has 168 valence electrons. The molecule has 1 aromatic carbocycles. The zero-order valence-electron chi connectivity index (χ0n) is 17.0. The van der Waals surface area contributed by atoms with Crippen molar-refractivity contribution in [1.82, 2.24) is 25.7 Å². The number of hydrazine groups is 1. The summed E-state index contributed by atoms with van der Waals surface area (Å²) in [5, 5.41) is 3.14. The lowest BCUT2D eigenvalue weighted by Crippen LogP contribution is -2.56. The molecule has 0 aliphatic heterocycles. The van der Waals surface area contributed by atoms with Crippen LogP contribution in [0.5, 0.6) is 0 Å². The third-order valence-corrected chi connectivity index (χ3v) is 4.40. The van der Waals surface area contributed by atoms with Gasteiger partial charge in [0.05, 0.1) is 17.6 Å². The summed E-state index contributed by atoms with van der Waals surface area (Å²) >= 11 is 5.18. The topological polar surface area (TPSA) is 150 Å². The Hall–Kier alpha value is -3.21. The number of halogens is 2. The monoisotopic (exact) mass is 454 g/mol. The van der Waals surface area contributed by atoms with Crippen molar-refractivity contribution in [3.63, 3.8) is 0 Å². The number of hydrogen-bond acceptors (Lipinski definition) is 5. The van der Waals surface area contributed by atoms with E-state index in [1.165, 1.54) is 0 Å². The van der Waals surface area contributed by atoms with Gasteiger partial charge in [-0.25, -0.2) is 14.4 Å². The number of carbonyl (C=O) groups is 4. The summed E-state index contributed by atoms with van der Waals surface area (Å²) in [5.41, 5.74) is 6.06. The van der Waals surface area contributed by atoms with Crippen molar-refractivity contribution >= 4 is 46.3 Å². The van der Waals surface area contributed by atoms with E-state index >= 15 is 0 Å². The number of fused-ring (bicyclic) bond motifs is 1. The Kier molecular flexibility index (Phi) is 8.31. The first-order valence-corrected chi connectivity index (χ1v) is 9.96. The number of para-hydroxylation sites is 2. The van der Waals surface area contributed by atoms with Crippen molar-refractivity contribution in [1.29, 1.82) is 0 Å². The number of imidazole rings is 1. The maximum absolute atomic E-state index is 13.3. The van der Waals surface area contributed by atoms with Crippen LogP contribution in [0.3, 0.4) is 0 Å². The van der Waals surface area contributed by atoms with Crippen LogP contribution in [0.25, 0.3) is 11.0 Å². The summed E-state index contributed by atoms with van der Waals surface area (Å²) in [5.74, 6) is -3.43. The molecule has 0 saturated heterocycles. The fourth-order valence-electron chi connectivity index (χ4n) is 2.76. The van der Waals surface area contributed by atoms with Crippen LogP contribution in [-0.2, 0) is 14.4 Å². The number of benzene rings is 1. The molecule has 2 atom stereocenters. The number of rotatable bonds is 9. The van der Waals surface area contributed by atoms with Crippen LogP contribution in [-0.4, -0.2) is 56.8 Å². The number of aromatic amines is 1. The number of aromatic nitrogens is 2. The average molecular weight is 455 g/mol. The van der Waals surface area contributed by atoms with Gasteiger partial charge in [-0.05, 0) is 24.5 Å². The second-order valence-corrected chi connectivity index (χ2v) is 7.62. The van der Waals surface area contributed by atoms with Crippen LogP contribution in [0.15, 0.2) is 24.3 Å². The Morgan fingerprint density at radius 3 is 2.52 bits per heavy atom. The van der Waals surface area contributed by atoms with E-state index in [1.807, 2.05) is 13.8 Å². The Morgan fingerprint density at radius 2 is 1.94 bits per heavy atom. The van der Waals surface area contributed by atoms with Crippen LogP contribution in [0.4, 0.5) is 4.39 Å². The summed E-state index contributed by atoms with van der Waals surface area (Å²) in [6.07, 6.45) is -0.106. The van der Waals surface area contributed by atoms with Gasteiger partial charge in [-0.3, -0.25) is 24.6 Å². The van der Waals surface area contributed by atoms with Gasteiger partial charge in [0.25, 0.3) is 23.4 Å². The number of H-pyrrole nitrogens is 1. The fraction of sp³-hybridized carbons (Fsp3) is 0.421. The Bertz CT molecular complexity index is 931. The van der Waals surface area contributed by atoms with Gasteiger partial charge < -0.3 is 16.0 Å². The van der Waals surface area contributed by atoms with E-state index < -0.39 is 35.3 Å². The molecular formula is C19H24ClFN6O4. The second-order valence-electron chi connectivity index (χ2n) is 7.24. The van der Waals surface area contributed by atoms with Gasteiger partial charge in [0, 0.05) is 6.42 Å². The number of hydrogen-bond donors (Lipinski definition) is 4. The van der Waals surface area contributed by atoms with Crippen LogP contribution in [0, 0.1) is 5.92 Å². The first-order chi connectivity index (χ1) is 14.6. The molecule has 0 aliphatic rings. The van der Waals surface area contributed by atoms with Crippen molar-refractivity contribution in [2.75, 3.05) is 6.54 Å². The minimum absolute atomic E-state index is 0.00833. The molecule has 0 aliphatic carbocycles. The van der Waals surface area contributed by atoms with Gasteiger partial charge in [0.15, 0.2) is 5.82 Å². The number of nitrogens with one attached hydrogen (secondary N) is 3. The minimum Gasteiger partial charge on any atom is -0.370 e. The molecule has 1 heterocycles. The molecule has 0 fully saturated rings. The lowest BCUT2D eigenvalue weighted by Gasteiger charge is -2.26. The number of nitrogens with zero attached hydrogens (tertiary/aromatic N) is 2. The van der Waals surface area contributed by atoms with Gasteiger partial charge in [0.1, 0.15) is 6.04 Å². The molecule has 12 heteroatoms. The van der Waals surface area contributed by atoms with Gasteiger partial charge >= 0.3 is 0 Å². The van der Waals surface area contributed by atoms with Crippen LogP contribution in [0.2, 0.25) is 0 Å². The highest BCUT2D eigenvalue weighted by molar-refractivity contribution is 6.29. The lowest BCUT2D eigenvalue weighted by molar-refractivity contribution is -0.144. The predicted octanol–water partition coefficient (Wildman–Crippen LogP) is 0.977. The summed E-state index contributed by atoms with van der Waals surface area (Å²) in [7, 11) is 0. The smallest absolute Gasteiger partial charge is 0.291 e. The SMILES string of the molecule is CC(C)C[C@H](NC(=O)c1nc2ccccc2[nH]1)C(=O)NN(CCC(N)=O)C(=O)C(F)Cl. The third-order valence-electron chi connectivity index (χ3n) is 4.21. The van der Waals surface area contributed by atoms with Gasteiger partial charge in [0.2, 0.25) is 5.91 Å². The minimum atomic E-state index is -2.43. The maximum atomic E-state index is 13.3. The summed E-state index contributed by atoms with van der Waals surface area (Å²) in [4.78, 5) is 55.4. The normalized spacial score (nSPS) is 12.9. The molecule has 2 rings (SSSR count). The van der Waals surface area contributed by atoms with E-state index in [4.69, 9.17) is 17.3 Å². The molecule has 10 nitrogen and oxygen atoms in total. The predicted molar refractivity (Wildman–Crippen MR) is 111 cm³/mol. The van der Waals surface area contributed by atoms with Gasteiger partial charge in [-0.15, -0.1) is 0 Å². The van der Waals surface area contributed by atoms with Crippen molar-refractivity contribution in [2.45, 2.75) is 38.4 Å². The maximum Gasteiger partial charge on any atom is 0.291 e. The highest BCUT2D eigenvalue weighted by Crippen LogP contribution is 2.12. The number of nitrogens with two attached hydrogens (primary N) is 1. The van der Waals surface area contributed by atoms with Crippen LogP contribution in [0.1, 0.15) is 37.3 Å². The number of alkyl halides is 2. The standard InChI is InChI=1S/C19H24ClFN6O4/c1-10(2)9-13(17(29)26-27(8-7-14(22)28)19(31)15(20)21)25-18(30)16-23-11-5-3-4-6-12(11)24-16/h3-6,10,13,15H,7-9H2,1-2H3,(H2,22,28)(H,23,24)(H,25,30)(H,26,29)/t13-,15?/m0/s1. The first-order valence-electron chi connectivity index (χ1n) is 9.52. The molecule has 0 radical (unpaired) electrons. The molecule has 0 saturated carbocycles. The molecule has 2 aromatic rings. The highest BCUT2D eigenvalue weighted by Gasteiger charge is 2.29. The van der Waals surface area contributed by atoms with E-state index in [9.17, 15) is 23.6 Å². The molecule has 31 heavy (non-hydrogen) atoms. The quantitative estimate of drug-likeness (QED) is 0.329. The molecule has 0 bridgehead atoms. The molecule has 0 spiro atoms. The highest BCUT2D eigenvalue weighted by atomic mass is 35.5. The first kappa shape index (κ1) is 24.1. The van der Waals surface area contributed by atoms with Crippen molar-refractivity contribution in [3.8, 4) is 0 Å². The second kappa shape index (κ2) is 10.7. The third kappa shape index (κ3) is 6.92.